The van der Waals surface area contributed by atoms with E-state index in [-0.39, 0.29) is 11.7 Å². The van der Waals surface area contributed by atoms with Crippen molar-refractivity contribution in [3.05, 3.63) is 99.6 Å². The third-order valence-electron chi connectivity index (χ3n) is 5.94. The van der Waals surface area contributed by atoms with Gasteiger partial charge in [-0.25, -0.2) is 0 Å². The summed E-state index contributed by atoms with van der Waals surface area (Å²) in [5.74, 6) is 0.345. The zero-order chi connectivity index (χ0) is 27.2. The van der Waals surface area contributed by atoms with Gasteiger partial charge >= 0.3 is 0 Å². The Bertz CT molecular complexity index is 1480. The Labute approximate surface area is 225 Å². The molecular weight excluding hydrogens is 500 g/mol. The highest BCUT2D eigenvalue weighted by atomic mass is 32.2. The summed E-state index contributed by atoms with van der Waals surface area (Å²) >= 11 is 1.20. The standard InChI is InChI=1S/C29H28N4O4S/c1-17-8-7-9-20(14-17)32-25(34)16-38-29-21(15-30)27(24-13-12-18(2)37-24)26(19(3)31-29)28(35)33-22-10-5-6-11-23(22)36-4/h5-14,27,31H,16H2,1-4H3,(H,32,34)(H,33,35)/t27-/m0/s1. The number of hydrogen-bond donors (Lipinski definition) is 3. The number of carbonyl (C=O) groups is 2. The number of nitrogens with zero attached hydrogens (tertiary/aromatic N) is 1. The molecule has 0 fully saturated rings. The van der Waals surface area contributed by atoms with E-state index in [4.69, 9.17) is 9.15 Å². The summed E-state index contributed by atoms with van der Waals surface area (Å²) in [5.41, 5.74) is 3.44. The summed E-state index contributed by atoms with van der Waals surface area (Å²) in [4.78, 5) is 26.3. The monoisotopic (exact) mass is 528 g/mol. The molecule has 2 heterocycles. The lowest BCUT2D eigenvalue weighted by Gasteiger charge is -2.28. The number of rotatable bonds is 8. The van der Waals surface area contributed by atoms with Crippen molar-refractivity contribution in [1.82, 2.24) is 5.32 Å². The van der Waals surface area contributed by atoms with Gasteiger partial charge in [-0.2, -0.15) is 5.26 Å². The molecule has 0 unspecified atom stereocenters. The number of para-hydroxylation sites is 2. The van der Waals surface area contributed by atoms with E-state index in [9.17, 15) is 14.9 Å². The number of thioether (sulfide) groups is 1. The second-order valence-electron chi connectivity index (χ2n) is 8.76. The van der Waals surface area contributed by atoms with Gasteiger partial charge < -0.3 is 25.1 Å². The molecule has 0 aliphatic carbocycles. The molecule has 0 radical (unpaired) electrons. The fourth-order valence-electron chi connectivity index (χ4n) is 4.22. The van der Waals surface area contributed by atoms with Crippen LogP contribution in [-0.2, 0) is 9.59 Å². The van der Waals surface area contributed by atoms with Crippen LogP contribution in [0.15, 0.2) is 87.0 Å². The number of dihydropyridines is 1. The van der Waals surface area contributed by atoms with Gasteiger partial charge in [-0.05, 0) is 62.7 Å². The number of carbonyl (C=O) groups excluding carboxylic acids is 2. The van der Waals surface area contributed by atoms with Gasteiger partial charge in [0.25, 0.3) is 5.91 Å². The van der Waals surface area contributed by atoms with Gasteiger partial charge in [-0.1, -0.05) is 36.0 Å². The van der Waals surface area contributed by atoms with Crippen LogP contribution < -0.4 is 20.7 Å². The third-order valence-corrected chi connectivity index (χ3v) is 6.96. The highest BCUT2D eigenvalue weighted by Crippen LogP contribution is 2.41. The Morgan fingerprint density at radius 2 is 1.87 bits per heavy atom. The van der Waals surface area contributed by atoms with Crippen LogP contribution in [0.2, 0.25) is 0 Å². The summed E-state index contributed by atoms with van der Waals surface area (Å²) in [7, 11) is 1.53. The molecular formula is C29H28N4O4S. The Kier molecular flexibility index (Phi) is 8.24. The minimum atomic E-state index is -0.757. The molecule has 0 saturated carbocycles. The number of hydrogen-bond acceptors (Lipinski definition) is 7. The van der Waals surface area contributed by atoms with Gasteiger partial charge in [0.05, 0.1) is 46.7 Å². The van der Waals surface area contributed by atoms with Crippen molar-refractivity contribution in [1.29, 1.82) is 5.26 Å². The van der Waals surface area contributed by atoms with Crippen LogP contribution >= 0.6 is 11.8 Å². The minimum Gasteiger partial charge on any atom is -0.495 e. The van der Waals surface area contributed by atoms with Crippen LogP contribution in [0, 0.1) is 25.2 Å². The van der Waals surface area contributed by atoms with Gasteiger partial charge in [0.2, 0.25) is 5.91 Å². The van der Waals surface area contributed by atoms with E-state index in [1.807, 2.05) is 37.3 Å². The fourth-order valence-corrected chi connectivity index (χ4v) is 5.11. The zero-order valence-corrected chi connectivity index (χ0v) is 22.4. The Morgan fingerprint density at radius 1 is 1.08 bits per heavy atom. The third kappa shape index (κ3) is 5.93. The second kappa shape index (κ2) is 11.8. The molecule has 2 amide bonds. The molecule has 38 heavy (non-hydrogen) atoms. The highest BCUT2D eigenvalue weighted by molar-refractivity contribution is 8.03. The number of benzene rings is 2. The number of nitrogens with one attached hydrogen (secondary N) is 3. The molecule has 1 aliphatic heterocycles. The van der Waals surface area contributed by atoms with Crippen molar-refractivity contribution >= 4 is 35.0 Å². The van der Waals surface area contributed by atoms with Gasteiger partial charge in [0.1, 0.15) is 17.3 Å². The molecule has 194 valence electrons. The Hall–Kier alpha value is -4.42. The molecule has 2 aromatic carbocycles. The molecule has 3 aromatic rings. The molecule has 1 atom stereocenters. The molecule has 8 nitrogen and oxygen atoms in total. The summed E-state index contributed by atoms with van der Waals surface area (Å²) < 4.78 is 11.3. The molecule has 3 N–H and O–H groups in total. The van der Waals surface area contributed by atoms with Gasteiger partial charge in [-0.15, -0.1) is 0 Å². The average molecular weight is 529 g/mol. The van der Waals surface area contributed by atoms with Gasteiger partial charge in [-0.3, -0.25) is 9.59 Å². The maximum atomic E-state index is 13.6. The number of methoxy groups -OCH3 is 1. The van der Waals surface area contributed by atoms with Crippen LogP contribution in [0.1, 0.15) is 29.9 Å². The lowest BCUT2D eigenvalue weighted by molar-refractivity contribution is -0.114. The van der Waals surface area contributed by atoms with Crippen molar-refractivity contribution in [3.63, 3.8) is 0 Å². The second-order valence-corrected chi connectivity index (χ2v) is 9.75. The number of allylic oxidation sites excluding steroid dienone is 2. The molecule has 0 spiro atoms. The number of amides is 2. The van der Waals surface area contributed by atoms with E-state index in [0.29, 0.717) is 50.5 Å². The first-order valence-corrected chi connectivity index (χ1v) is 12.9. The topological polar surface area (TPSA) is 116 Å². The quantitative estimate of drug-likeness (QED) is 0.348. The summed E-state index contributed by atoms with van der Waals surface area (Å²) in [6, 6.07) is 20.4. The van der Waals surface area contributed by atoms with Crippen molar-refractivity contribution in [2.75, 3.05) is 23.5 Å². The Balaban J connectivity index is 1.62. The van der Waals surface area contributed by atoms with Gasteiger partial charge in [0, 0.05) is 11.4 Å². The molecule has 9 heteroatoms. The van der Waals surface area contributed by atoms with Crippen LogP contribution in [0.3, 0.4) is 0 Å². The number of aryl methyl sites for hydroxylation is 2. The smallest absolute Gasteiger partial charge is 0.254 e. The van der Waals surface area contributed by atoms with Crippen LogP contribution in [0.25, 0.3) is 0 Å². The van der Waals surface area contributed by atoms with Crippen molar-refractivity contribution in [3.8, 4) is 11.8 Å². The molecule has 4 rings (SSSR count). The number of ether oxygens (including phenoxy) is 1. The fraction of sp³-hybridized carbons (Fsp3) is 0.207. The van der Waals surface area contributed by atoms with E-state index in [1.54, 1.807) is 44.2 Å². The summed E-state index contributed by atoms with van der Waals surface area (Å²) in [6.45, 7) is 5.52. The van der Waals surface area contributed by atoms with Crippen molar-refractivity contribution in [2.45, 2.75) is 26.7 Å². The van der Waals surface area contributed by atoms with Crippen molar-refractivity contribution < 1.29 is 18.7 Å². The first-order chi connectivity index (χ1) is 18.3. The SMILES string of the molecule is COc1ccccc1NC(=O)C1=C(C)NC(SCC(=O)Nc2cccc(C)c2)=C(C#N)[C@H]1c1ccc(C)o1. The predicted octanol–water partition coefficient (Wildman–Crippen LogP) is 5.61. The van der Waals surface area contributed by atoms with Crippen LogP contribution in [-0.4, -0.2) is 24.7 Å². The van der Waals surface area contributed by atoms with E-state index >= 15 is 0 Å². The lowest BCUT2D eigenvalue weighted by atomic mass is 9.85. The summed E-state index contributed by atoms with van der Waals surface area (Å²) in [6.07, 6.45) is 0. The Morgan fingerprint density at radius 3 is 2.55 bits per heavy atom. The maximum Gasteiger partial charge on any atom is 0.254 e. The normalized spacial score (nSPS) is 15.0. The van der Waals surface area contributed by atoms with E-state index in [1.165, 1.54) is 18.9 Å². The number of furan rings is 1. The first-order valence-electron chi connectivity index (χ1n) is 11.9. The predicted molar refractivity (Wildman–Crippen MR) is 149 cm³/mol. The van der Waals surface area contributed by atoms with E-state index in [2.05, 4.69) is 22.0 Å². The van der Waals surface area contributed by atoms with E-state index in [0.717, 1.165) is 5.56 Å². The maximum absolute atomic E-state index is 13.6. The number of anilines is 2. The van der Waals surface area contributed by atoms with Gasteiger partial charge in [0.15, 0.2) is 0 Å². The lowest BCUT2D eigenvalue weighted by Crippen LogP contribution is -2.31. The zero-order valence-electron chi connectivity index (χ0n) is 21.5. The minimum absolute atomic E-state index is 0.0708. The van der Waals surface area contributed by atoms with Crippen LogP contribution in [0.5, 0.6) is 5.75 Å². The number of nitriles is 1. The van der Waals surface area contributed by atoms with Crippen LogP contribution in [0.4, 0.5) is 11.4 Å². The molecule has 0 saturated heterocycles. The molecule has 0 bridgehead atoms. The van der Waals surface area contributed by atoms with E-state index < -0.39 is 11.8 Å². The first kappa shape index (κ1) is 26.6. The van der Waals surface area contributed by atoms with Crippen molar-refractivity contribution in [2.24, 2.45) is 0 Å². The molecule has 1 aliphatic rings. The summed E-state index contributed by atoms with van der Waals surface area (Å²) in [5, 5.41) is 19.7. The highest BCUT2D eigenvalue weighted by Gasteiger charge is 2.37. The molecule has 1 aromatic heterocycles. The largest absolute Gasteiger partial charge is 0.495 e. The average Bonchev–Trinajstić information content (AvgIpc) is 3.33.